The van der Waals surface area contributed by atoms with Crippen molar-refractivity contribution < 1.29 is 18.6 Å². The first-order chi connectivity index (χ1) is 11.2. The summed E-state index contributed by atoms with van der Waals surface area (Å²) in [5.41, 5.74) is 0.655. The third-order valence-corrected chi connectivity index (χ3v) is 4.74. The lowest BCUT2D eigenvalue weighted by molar-refractivity contribution is -0.0886. The Balaban J connectivity index is 1.71. The number of hydrogen-bond acceptors (Lipinski definition) is 5. The van der Waals surface area contributed by atoms with Gasteiger partial charge >= 0.3 is 0 Å². The number of furan rings is 1. The Kier molecular flexibility index (Phi) is 4.90. The van der Waals surface area contributed by atoms with E-state index in [0.29, 0.717) is 0 Å². The first-order valence-corrected chi connectivity index (χ1v) is 8.10. The van der Waals surface area contributed by atoms with Crippen molar-refractivity contribution in [1.82, 2.24) is 5.32 Å². The summed E-state index contributed by atoms with van der Waals surface area (Å²) in [5.74, 6) is 1.67. The van der Waals surface area contributed by atoms with Crippen LogP contribution in [-0.4, -0.2) is 39.6 Å². The zero-order valence-electron chi connectivity index (χ0n) is 14.1. The van der Waals surface area contributed by atoms with Crippen LogP contribution in [-0.2, 0) is 9.47 Å². The number of benzene rings is 1. The zero-order valence-corrected chi connectivity index (χ0v) is 14.1. The molecule has 5 nitrogen and oxygen atoms in total. The Morgan fingerprint density at radius 3 is 2.74 bits per heavy atom. The summed E-state index contributed by atoms with van der Waals surface area (Å²) in [6, 6.07) is 8.09. The fourth-order valence-corrected chi connectivity index (χ4v) is 3.07. The zero-order chi connectivity index (χ0) is 16.3. The molecule has 1 atom stereocenters. The molecule has 0 spiro atoms. The van der Waals surface area contributed by atoms with Gasteiger partial charge < -0.3 is 23.9 Å². The molecule has 2 aromatic rings. The van der Waals surface area contributed by atoms with Gasteiger partial charge in [-0.15, -0.1) is 0 Å². The molecule has 1 aliphatic heterocycles. The maximum atomic E-state index is 6.01. The lowest BCUT2D eigenvalue weighted by Crippen LogP contribution is -2.47. The van der Waals surface area contributed by atoms with Gasteiger partial charge in [0.1, 0.15) is 5.76 Å². The molecule has 0 radical (unpaired) electrons. The molecule has 1 N–H and O–H groups in total. The second-order valence-electron chi connectivity index (χ2n) is 6.13. The van der Waals surface area contributed by atoms with Crippen LogP contribution in [0.4, 0.5) is 0 Å². The van der Waals surface area contributed by atoms with Crippen LogP contribution in [0.5, 0.6) is 5.75 Å². The first kappa shape index (κ1) is 16.3. The van der Waals surface area contributed by atoms with Crippen LogP contribution in [0.1, 0.15) is 31.6 Å². The van der Waals surface area contributed by atoms with Gasteiger partial charge in [-0.25, -0.2) is 0 Å². The van der Waals surface area contributed by atoms with E-state index < -0.39 is 0 Å². The highest BCUT2D eigenvalue weighted by molar-refractivity contribution is 5.83. The molecule has 0 unspecified atom stereocenters. The minimum Gasteiger partial charge on any atom is -0.493 e. The normalized spacial score (nSPS) is 18.9. The van der Waals surface area contributed by atoms with Crippen molar-refractivity contribution in [3.8, 4) is 5.75 Å². The van der Waals surface area contributed by atoms with E-state index in [4.69, 9.17) is 18.6 Å². The molecule has 23 heavy (non-hydrogen) atoms. The molecule has 0 bridgehead atoms. The fourth-order valence-electron chi connectivity index (χ4n) is 3.07. The van der Waals surface area contributed by atoms with Crippen molar-refractivity contribution in [1.29, 1.82) is 0 Å². The van der Waals surface area contributed by atoms with Gasteiger partial charge in [-0.05, 0) is 19.1 Å². The molecule has 1 saturated heterocycles. The number of rotatable bonds is 6. The second-order valence-corrected chi connectivity index (χ2v) is 6.13. The number of para-hydroxylation sites is 1. The molecular formula is C18H25NO4. The standard InChI is InChI=1S/C18H25NO4/c1-13(19-12-18(21-3)7-9-22-10-8-18)16-11-14-5-4-6-15(20-2)17(14)23-16/h4-6,11,13,19H,7-10,12H2,1-3H3/t13-/m1/s1. The van der Waals surface area contributed by atoms with Gasteiger partial charge in [0.2, 0.25) is 0 Å². The third kappa shape index (κ3) is 3.37. The Bertz CT molecular complexity index is 646. The van der Waals surface area contributed by atoms with Crippen molar-refractivity contribution in [2.45, 2.75) is 31.4 Å². The lowest BCUT2D eigenvalue weighted by atomic mass is 9.93. The minimum absolute atomic E-state index is 0.0991. The van der Waals surface area contributed by atoms with E-state index in [9.17, 15) is 0 Å². The van der Waals surface area contributed by atoms with Crippen molar-refractivity contribution >= 4 is 11.0 Å². The van der Waals surface area contributed by atoms with Crippen LogP contribution in [0.2, 0.25) is 0 Å². The minimum atomic E-state index is -0.143. The monoisotopic (exact) mass is 319 g/mol. The largest absolute Gasteiger partial charge is 0.493 e. The number of nitrogens with one attached hydrogen (secondary N) is 1. The Morgan fingerprint density at radius 2 is 2.04 bits per heavy atom. The van der Waals surface area contributed by atoms with Gasteiger partial charge in [0.15, 0.2) is 11.3 Å². The second kappa shape index (κ2) is 6.91. The summed E-state index contributed by atoms with van der Waals surface area (Å²) < 4.78 is 22.6. The summed E-state index contributed by atoms with van der Waals surface area (Å²) in [7, 11) is 3.44. The van der Waals surface area contributed by atoms with Gasteiger partial charge in [0.05, 0.1) is 18.8 Å². The summed E-state index contributed by atoms with van der Waals surface area (Å²) in [6.45, 7) is 4.40. The van der Waals surface area contributed by atoms with Crippen LogP contribution in [0.15, 0.2) is 28.7 Å². The van der Waals surface area contributed by atoms with E-state index in [1.54, 1.807) is 14.2 Å². The molecule has 2 heterocycles. The fraction of sp³-hybridized carbons (Fsp3) is 0.556. The predicted molar refractivity (Wildman–Crippen MR) is 89.0 cm³/mol. The predicted octanol–water partition coefficient (Wildman–Crippen LogP) is 3.29. The molecule has 3 rings (SSSR count). The van der Waals surface area contributed by atoms with Crippen LogP contribution >= 0.6 is 0 Å². The third-order valence-electron chi connectivity index (χ3n) is 4.74. The SMILES string of the molecule is COc1cccc2cc([C@@H](C)NCC3(OC)CCOCC3)oc12. The summed E-state index contributed by atoms with van der Waals surface area (Å²) in [5, 5.41) is 4.60. The highest BCUT2D eigenvalue weighted by Crippen LogP contribution is 2.31. The number of methoxy groups -OCH3 is 2. The number of fused-ring (bicyclic) bond motifs is 1. The van der Waals surface area contributed by atoms with E-state index in [-0.39, 0.29) is 11.6 Å². The lowest BCUT2D eigenvalue weighted by Gasteiger charge is -2.36. The Hall–Kier alpha value is -1.56. The number of hydrogen-bond donors (Lipinski definition) is 1. The molecule has 126 valence electrons. The first-order valence-electron chi connectivity index (χ1n) is 8.10. The van der Waals surface area contributed by atoms with Crippen LogP contribution in [0.3, 0.4) is 0 Å². The molecule has 5 heteroatoms. The molecule has 0 amide bonds. The average Bonchev–Trinajstić information content (AvgIpc) is 3.04. The van der Waals surface area contributed by atoms with Crippen LogP contribution in [0, 0.1) is 0 Å². The average molecular weight is 319 g/mol. The molecule has 1 fully saturated rings. The smallest absolute Gasteiger partial charge is 0.176 e. The summed E-state index contributed by atoms with van der Waals surface area (Å²) >= 11 is 0. The molecular weight excluding hydrogens is 294 g/mol. The summed E-state index contributed by atoms with van der Waals surface area (Å²) in [4.78, 5) is 0. The number of ether oxygens (including phenoxy) is 3. The van der Waals surface area contributed by atoms with Crippen molar-refractivity contribution in [3.63, 3.8) is 0 Å². The topological polar surface area (TPSA) is 52.9 Å². The van der Waals surface area contributed by atoms with E-state index >= 15 is 0 Å². The maximum Gasteiger partial charge on any atom is 0.176 e. The molecule has 1 aliphatic rings. The van der Waals surface area contributed by atoms with E-state index in [1.807, 2.05) is 18.2 Å². The maximum absolute atomic E-state index is 6.01. The Labute approximate surface area is 136 Å². The van der Waals surface area contributed by atoms with Crippen LogP contribution in [0.25, 0.3) is 11.0 Å². The highest BCUT2D eigenvalue weighted by Gasteiger charge is 2.32. The van der Waals surface area contributed by atoms with Crippen molar-refractivity contribution in [2.24, 2.45) is 0 Å². The van der Waals surface area contributed by atoms with Crippen LogP contribution < -0.4 is 10.1 Å². The molecule has 1 aromatic carbocycles. The van der Waals surface area contributed by atoms with Gasteiger partial charge in [0.25, 0.3) is 0 Å². The Morgan fingerprint density at radius 1 is 1.26 bits per heavy atom. The summed E-state index contributed by atoms with van der Waals surface area (Å²) in [6.07, 6.45) is 1.83. The van der Waals surface area contributed by atoms with Gasteiger partial charge in [-0.3, -0.25) is 0 Å². The molecule has 1 aromatic heterocycles. The molecule has 0 aliphatic carbocycles. The van der Waals surface area contributed by atoms with Gasteiger partial charge in [0, 0.05) is 45.1 Å². The molecule has 0 saturated carbocycles. The van der Waals surface area contributed by atoms with Crippen molar-refractivity contribution in [3.05, 3.63) is 30.0 Å². The van der Waals surface area contributed by atoms with E-state index in [1.165, 1.54) is 0 Å². The van der Waals surface area contributed by atoms with Gasteiger partial charge in [-0.2, -0.15) is 0 Å². The van der Waals surface area contributed by atoms with Gasteiger partial charge in [-0.1, -0.05) is 12.1 Å². The van der Waals surface area contributed by atoms with Crippen molar-refractivity contribution in [2.75, 3.05) is 34.0 Å². The highest BCUT2D eigenvalue weighted by atomic mass is 16.5. The van der Waals surface area contributed by atoms with E-state index in [2.05, 4.69) is 18.3 Å². The van der Waals surface area contributed by atoms with E-state index in [0.717, 1.165) is 55.1 Å². The quantitative estimate of drug-likeness (QED) is 0.885.